The van der Waals surface area contributed by atoms with Crippen molar-refractivity contribution < 1.29 is 9.84 Å². The Morgan fingerprint density at radius 2 is 1.67 bits per heavy atom. The van der Waals surface area contributed by atoms with E-state index in [1.54, 1.807) is 0 Å². The maximum atomic E-state index is 10.1. The number of rotatable bonds is 7. The van der Waals surface area contributed by atoms with Crippen molar-refractivity contribution in [2.75, 3.05) is 13.7 Å². The Labute approximate surface area is 126 Å². The Bertz CT molecular complexity index is 521. The molecule has 0 aliphatic rings. The predicted molar refractivity (Wildman–Crippen MR) is 85.4 cm³/mol. The summed E-state index contributed by atoms with van der Waals surface area (Å²) in [6, 6.07) is 18.0. The van der Waals surface area contributed by atoms with Gasteiger partial charge in [-0.05, 0) is 36.7 Å². The fourth-order valence-electron chi connectivity index (χ4n) is 2.35. The van der Waals surface area contributed by atoms with Crippen molar-refractivity contribution in [1.29, 1.82) is 0 Å². The summed E-state index contributed by atoms with van der Waals surface area (Å²) in [4.78, 5) is 0. The van der Waals surface area contributed by atoms with Crippen LogP contribution in [0.4, 0.5) is 0 Å². The minimum absolute atomic E-state index is 0.257. The largest absolute Gasteiger partial charge is 0.491 e. The molecule has 0 heterocycles. The molecule has 2 rings (SSSR count). The van der Waals surface area contributed by atoms with E-state index in [4.69, 9.17) is 4.74 Å². The van der Waals surface area contributed by atoms with Crippen LogP contribution in [0.15, 0.2) is 54.6 Å². The number of hydrogen-bond donors (Lipinski definition) is 2. The molecular weight excluding hydrogens is 262 g/mol. The average Bonchev–Trinajstić information content (AvgIpc) is 2.55. The van der Waals surface area contributed by atoms with Crippen LogP contribution in [0, 0.1) is 0 Å². The SMILES string of the molecule is CCC(NC)c1ccc(OCC(O)c2ccccc2)cc1. The Hall–Kier alpha value is -1.84. The minimum Gasteiger partial charge on any atom is -0.491 e. The van der Waals surface area contributed by atoms with Gasteiger partial charge in [0.25, 0.3) is 0 Å². The molecule has 2 atom stereocenters. The molecule has 0 fully saturated rings. The zero-order valence-electron chi connectivity index (χ0n) is 12.6. The lowest BCUT2D eigenvalue weighted by Gasteiger charge is -2.16. The van der Waals surface area contributed by atoms with Gasteiger partial charge in [-0.3, -0.25) is 0 Å². The maximum Gasteiger partial charge on any atom is 0.119 e. The highest BCUT2D eigenvalue weighted by Gasteiger charge is 2.09. The smallest absolute Gasteiger partial charge is 0.119 e. The van der Waals surface area contributed by atoms with E-state index < -0.39 is 6.10 Å². The lowest BCUT2D eigenvalue weighted by atomic mass is 10.0. The van der Waals surface area contributed by atoms with Crippen molar-refractivity contribution in [3.63, 3.8) is 0 Å². The molecule has 0 aliphatic heterocycles. The second-order valence-electron chi connectivity index (χ2n) is 5.06. The molecule has 0 saturated carbocycles. The average molecular weight is 285 g/mol. The molecule has 0 saturated heterocycles. The Kier molecular flexibility index (Phi) is 5.78. The van der Waals surface area contributed by atoms with Crippen LogP contribution in [-0.4, -0.2) is 18.8 Å². The van der Waals surface area contributed by atoms with Gasteiger partial charge >= 0.3 is 0 Å². The number of aliphatic hydroxyl groups excluding tert-OH is 1. The van der Waals surface area contributed by atoms with Gasteiger partial charge in [-0.1, -0.05) is 49.4 Å². The predicted octanol–water partition coefficient (Wildman–Crippen LogP) is 3.47. The normalized spacial score (nSPS) is 13.7. The molecular formula is C18H23NO2. The van der Waals surface area contributed by atoms with Crippen LogP contribution in [0.5, 0.6) is 5.75 Å². The quantitative estimate of drug-likeness (QED) is 0.818. The Balaban J connectivity index is 1.92. The first-order valence-corrected chi connectivity index (χ1v) is 7.37. The van der Waals surface area contributed by atoms with E-state index in [9.17, 15) is 5.11 Å². The number of benzene rings is 2. The molecule has 2 N–H and O–H groups in total. The van der Waals surface area contributed by atoms with Gasteiger partial charge in [0.15, 0.2) is 0 Å². The number of ether oxygens (including phenoxy) is 1. The molecule has 2 aromatic carbocycles. The van der Waals surface area contributed by atoms with Crippen molar-refractivity contribution in [3.05, 3.63) is 65.7 Å². The lowest BCUT2D eigenvalue weighted by Crippen LogP contribution is -2.15. The number of nitrogens with one attached hydrogen (secondary N) is 1. The third kappa shape index (κ3) is 4.31. The zero-order valence-corrected chi connectivity index (χ0v) is 12.6. The first-order valence-electron chi connectivity index (χ1n) is 7.37. The van der Waals surface area contributed by atoms with Crippen molar-refractivity contribution in [2.24, 2.45) is 0 Å². The van der Waals surface area contributed by atoms with Gasteiger partial charge in [0.1, 0.15) is 18.5 Å². The van der Waals surface area contributed by atoms with Gasteiger partial charge in [0.05, 0.1) is 0 Å². The van der Waals surface area contributed by atoms with Crippen LogP contribution in [0.2, 0.25) is 0 Å². The lowest BCUT2D eigenvalue weighted by molar-refractivity contribution is 0.108. The first-order chi connectivity index (χ1) is 10.2. The first kappa shape index (κ1) is 15.5. The standard InChI is InChI=1S/C18H23NO2/c1-3-17(19-2)14-9-11-16(12-10-14)21-13-18(20)15-7-5-4-6-8-15/h4-12,17-20H,3,13H2,1-2H3. The van der Waals surface area contributed by atoms with E-state index in [2.05, 4.69) is 24.4 Å². The highest BCUT2D eigenvalue weighted by molar-refractivity contribution is 5.29. The van der Waals surface area contributed by atoms with Crippen molar-refractivity contribution in [2.45, 2.75) is 25.5 Å². The van der Waals surface area contributed by atoms with Gasteiger partial charge in [-0.25, -0.2) is 0 Å². The topological polar surface area (TPSA) is 41.5 Å². The summed E-state index contributed by atoms with van der Waals surface area (Å²) in [6.07, 6.45) is 0.440. The maximum absolute atomic E-state index is 10.1. The fraction of sp³-hybridized carbons (Fsp3) is 0.333. The zero-order chi connectivity index (χ0) is 15.1. The molecule has 112 valence electrons. The summed E-state index contributed by atoms with van der Waals surface area (Å²) in [6.45, 7) is 2.41. The summed E-state index contributed by atoms with van der Waals surface area (Å²) in [5.41, 5.74) is 2.12. The molecule has 2 unspecified atom stereocenters. The highest BCUT2D eigenvalue weighted by atomic mass is 16.5. The van der Waals surface area contributed by atoms with E-state index in [0.717, 1.165) is 17.7 Å². The molecule has 2 aromatic rings. The van der Waals surface area contributed by atoms with Gasteiger partial charge in [-0.2, -0.15) is 0 Å². The summed E-state index contributed by atoms with van der Waals surface area (Å²) in [7, 11) is 1.97. The highest BCUT2D eigenvalue weighted by Crippen LogP contribution is 2.21. The third-order valence-corrected chi connectivity index (χ3v) is 3.63. The number of hydrogen-bond acceptors (Lipinski definition) is 3. The monoisotopic (exact) mass is 285 g/mol. The summed E-state index contributed by atoms with van der Waals surface area (Å²) < 4.78 is 5.65. The molecule has 3 nitrogen and oxygen atoms in total. The van der Waals surface area contributed by atoms with Gasteiger partial charge in [0, 0.05) is 6.04 Å². The second-order valence-corrected chi connectivity index (χ2v) is 5.06. The minimum atomic E-state index is -0.605. The molecule has 0 spiro atoms. The van der Waals surface area contributed by atoms with Crippen molar-refractivity contribution in [1.82, 2.24) is 5.32 Å². The van der Waals surface area contributed by atoms with E-state index >= 15 is 0 Å². The van der Waals surface area contributed by atoms with Crippen LogP contribution in [0.1, 0.15) is 36.6 Å². The Morgan fingerprint density at radius 3 is 2.24 bits per heavy atom. The molecule has 0 radical (unpaired) electrons. The molecule has 21 heavy (non-hydrogen) atoms. The van der Waals surface area contributed by atoms with Gasteiger partial charge < -0.3 is 15.2 Å². The van der Waals surface area contributed by atoms with Crippen LogP contribution in [0.25, 0.3) is 0 Å². The van der Waals surface area contributed by atoms with Gasteiger partial charge in [0.2, 0.25) is 0 Å². The van der Waals surface area contributed by atoms with Crippen LogP contribution < -0.4 is 10.1 Å². The fourth-order valence-corrected chi connectivity index (χ4v) is 2.35. The van der Waals surface area contributed by atoms with Crippen LogP contribution in [-0.2, 0) is 0 Å². The summed E-state index contributed by atoms with van der Waals surface area (Å²) >= 11 is 0. The molecule has 0 aromatic heterocycles. The molecule has 0 amide bonds. The van der Waals surface area contributed by atoms with E-state index in [0.29, 0.717) is 6.04 Å². The summed E-state index contributed by atoms with van der Waals surface area (Å²) in [5.74, 6) is 0.777. The molecule has 3 heteroatoms. The number of aliphatic hydroxyl groups is 1. The van der Waals surface area contributed by atoms with Crippen LogP contribution >= 0.6 is 0 Å². The molecule has 0 bridgehead atoms. The van der Waals surface area contributed by atoms with E-state index in [-0.39, 0.29) is 6.61 Å². The third-order valence-electron chi connectivity index (χ3n) is 3.63. The van der Waals surface area contributed by atoms with E-state index in [1.165, 1.54) is 5.56 Å². The second kappa shape index (κ2) is 7.81. The van der Waals surface area contributed by atoms with Crippen molar-refractivity contribution >= 4 is 0 Å². The van der Waals surface area contributed by atoms with Crippen LogP contribution in [0.3, 0.4) is 0 Å². The Morgan fingerprint density at radius 1 is 1.00 bits per heavy atom. The molecule has 0 aliphatic carbocycles. The van der Waals surface area contributed by atoms with Crippen molar-refractivity contribution in [3.8, 4) is 5.75 Å². The summed E-state index contributed by atoms with van der Waals surface area (Å²) in [5, 5.41) is 13.3. The van der Waals surface area contributed by atoms with Gasteiger partial charge in [-0.15, -0.1) is 0 Å². The van der Waals surface area contributed by atoms with E-state index in [1.807, 2.05) is 49.5 Å².